The minimum Gasteiger partial charge on any atom is -0.452 e. The average Bonchev–Trinajstić information content (AvgIpc) is 2.61. The van der Waals surface area contributed by atoms with Gasteiger partial charge < -0.3 is 10.1 Å². The fraction of sp³-hybridized carbons (Fsp3) is 0.158. The van der Waals surface area contributed by atoms with Crippen molar-refractivity contribution in [2.45, 2.75) is 6.42 Å². The second kappa shape index (κ2) is 9.94. The predicted molar refractivity (Wildman–Crippen MR) is 99.6 cm³/mol. The van der Waals surface area contributed by atoms with Gasteiger partial charge in [-0.05, 0) is 47.9 Å². The Morgan fingerprint density at radius 1 is 1.12 bits per heavy atom. The van der Waals surface area contributed by atoms with Crippen LogP contribution in [0.2, 0.25) is 10.0 Å². The van der Waals surface area contributed by atoms with Crippen molar-refractivity contribution >= 4 is 41.2 Å². The van der Waals surface area contributed by atoms with E-state index in [0.29, 0.717) is 28.6 Å². The van der Waals surface area contributed by atoms with Crippen LogP contribution >= 0.6 is 23.2 Å². The van der Waals surface area contributed by atoms with Crippen molar-refractivity contribution in [3.63, 3.8) is 0 Å². The summed E-state index contributed by atoms with van der Waals surface area (Å²) in [6.07, 6.45) is 3.18. The lowest BCUT2D eigenvalue weighted by Gasteiger charge is -2.07. The largest absolute Gasteiger partial charge is 0.452 e. The smallest absolute Gasteiger partial charge is 0.331 e. The fourth-order valence-electron chi connectivity index (χ4n) is 2.03. The minimum atomic E-state index is -0.662. The van der Waals surface area contributed by atoms with Crippen LogP contribution < -0.4 is 5.32 Å². The van der Waals surface area contributed by atoms with E-state index < -0.39 is 11.9 Å². The highest BCUT2D eigenvalue weighted by atomic mass is 35.5. The first-order valence-electron chi connectivity index (χ1n) is 7.75. The Morgan fingerprint density at radius 3 is 2.54 bits per heavy atom. The monoisotopic (exact) mass is 395 g/mol. The van der Waals surface area contributed by atoms with E-state index in [4.69, 9.17) is 27.9 Å². The van der Waals surface area contributed by atoms with Gasteiger partial charge in [0.25, 0.3) is 5.91 Å². The Kier molecular flexibility index (Phi) is 7.63. The molecule has 0 aromatic heterocycles. The number of rotatable bonds is 7. The maximum Gasteiger partial charge on any atom is 0.331 e. The molecule has 1 N–H and O–H groups in total. The Labute approximate surface area is 160 Å². The summed E-state index contributed by atoms with van der Waals surface area (Å²) in [6, 6.07) is 10.8. The molecule has 0 saturated heterocycles. The zero-order valence-electron chi connectivity index (χ0n) is 13.7. The molecule has 0 saturated carbocycles. The van der Waals surface area contributed by atoms with E-state index in [1.165, 1.54) is 36.4 Å². The van der Waals surface area contributed by atoms with Crippen molar-refractivity contribution < 1.29 is 18.7 Å². The van der Waals surface area contributed by atoms with Crippen molar-refractivity contribution in [3.05, 3.63) is 75.5 Å². The first kappa shape index (κ1) is 19.9. The molecule has 0 aliphatic rings. The maximum absolute atomic E-state index is 12.8. The summed E-state index contributed by atoms with van der Waals surface area (Å²) in [5.41, 5.74) is 1.50. The maximum atomic E-state index is 12.8. The fourth-order valence-corrected chi connectivity index (χ4v) is 2.54. The number of hydrogen-bond donors (Lipinski definition) is 1. The molecule has 2 rings (SSSR count). The Hall–Kier alpha value is -2.37. The van der Waals surface area contributed by atoms with Gasteiger partial charge in [0.05, 0.1) is 0 Å². The minimum absolute atomic E-state index is 0.350. The Morgan fingerprint density at radius 2 is 1.85 bits per heavy atom. The van der Waals surface area contributed by atoms with Crippen LogP contribution in [-0.4, -0.2) is 25.0 Å². The molecule has 0 spiro atoms. The van der Waals surface area contributed by atoms with Crippen molar-refractivity contribution in [2.75, 3.05) is 13.2 Å². The number of hydrogen-bond acceptors (Lipinski definition) is 3. The molecule has 0 fully saturated rings. The van der Waals surface area contributed by atoms with Crippen molar-refractivity contribution in [2.24, 2.45) is 0 Å². The molecule has 7 heteroatoms. The molecule has 0 radical (unpaired) electrons. The van der Waals surface area contributed by atoms with Gasteiger partial charge in [-0.3, -0.25) is 4.79 Å². The summed E-state index contributed by atoms with van der Waals surface area (Å²) in [6.45, 7) is -0.0376. The first-order valence-corrected chi connectivity index (χ1v) is 8.50. The number of ether oxygens (including phenoxy) is 1. The number of carbonyl (C=O) groups is 2. The van der Waals surface area contributed by atoms with Gasteiger partial charge in [0.2, 0.25) is 0 Å². The third-order valence-corrected chi connectivity index (χ3v) is 3.95. The number of carbonyl (C=O) groups excluding carboxylic acids is 2. The van der Waals surface area contributed by atoms with Crippen LogP contribution in [0.25, 0.3) is 6.08 Å². The molecule has 136 valence electrons. The second-order valence-electron chi connectivity index (χ2n) is 5.33. The standard InChI is InChI=1S/C19H16Cl2FNO3/c20-15-5-4-14(17(21)11-15)9-10-23-18(24)12-26-19(25)8-3-13-1-6-16(22)7-2-13/h1-8,11H,9-10,12H2,(H,23,24)/b8-3+. The molecule has 0 heterocycles. The molecular formula is C19H16Cl2FNO3. The van der Waals surface area contributed by atoms with Gasteiger partial charge in [-0.2, -0.15) is 0 Å². The highest BCUT2D eigenvalue weighted by Gasteiger charge is 2.06. The van der Waals surface area contributed by atoms with E-state index in [2.05, 4.69) is 5.32 Å². The highest BCUT2D eigenvalue weighted by molar-refractivity contribution is 6.35. The van der Waals surface area contributed by atoms with E-state index in [9.17, 15) is 14.0 Å². The number of halogens is 3. The van der Waals surface area contributed by atoms with Crippen molar-refractivity contribution in [3.8, 4) is 0 Å². The third kappa shape index (κ3) is 6.86. The van der Waals surface area contributed by atoms with Gasteiger partial charge in [0.15, 0.2) is 6.61 Å². The topological polar surface area (TPSA) is 55.4 Å². The lowest BCUT2D eigenvalue weighted by atomic mass is 10.1. The first-order chi connectivity index (χ1) is 12.4. The Bertz CT molecular complexity index is 807. The van der Waals surface area contributed by atoms with Gasteiger partial charge in [-0.25, -0.2) is 9.18 Å². The van der Waals surface area contributed by atoms with E-state index >= 15 is 0 Å². The number of amides is 1. The summed E-state index contributed by atoms with van der Waals surface area (Å²) in [5, 5.41) is 3.71. The lowest BCUT2D eigenvalue weighted by Crippen LogP contribution is -2.30. The number of esters is 1. The van der Waals surface area contributed by atoms with Gasteiger partial charge in [-0.15, -0.1) is 0 Å². The highest BCUT2D eigenvalue weighted by Crippen LogP contribution is 2.21. The van der Waals surface area contributed by atoms with Gasteiger partial charge in [-0.1, -0.05) is 41.4 Å². The average molecular weight is 396 g/mol. The molecule has 26 heavy (non-hydrogen) atoms. The molecule has 0 atom stereocenters. The molecular weight excluding hydrogens is 380 g/mol. The molecule has 0 bridgehead atoms. The molecule has 2 aromatic carbocycles. The summed E-state index contributed by atoms with van der Waals surface area (Å²) in [4.78, 5) is 23.2. The zero-order chi connectivity index (χ0) is 18.9. The number of nitrogens with one attached hydrogen (secondary N) is 1. The molecule has 1 amide bonds. The Balaban J connectivity index is 1.69. The van der Waals surface area contributed by atoms with Gasteiger partial charge in [0, 0.05) is 22.7 Å². The van der Waals surface area contributed by atoms with Crippen LogP contribution in [0.3, 0.4) is 0 Å². The van der Waals surface area contributed by atoms with Crippen molar-refractivity contribution in [1.82, 2.24) is 5.32 Å². The van der Waals surface area contributed by atoms with Crippen LogP contribution in [-0.2, 0) is 20.7 Å². The third-order valence-electron chi connectivity index (χ3n) is 3.36. The quantitative estimate of drug-likeness (QED) is 0.568. The molecule has 0 aliphatic heterocycles. The second-order valence-corrected chi connectivity index (χ2v) is 6.17. The molecule has 2 aromatic rings. The molecule has 0 unspecified atom stereocenters. The van der Waals surface area contributed by atoms with E-state index in [1.54, 1.807) is 18.2 Å². The zero-order valence-corrected chi connectivity index (χ0v) is 15.2. The molecule has 4 nitrogen and oxygen atoms in total. The van der Waals surface area contributed by atoms with Crippen LogP contribution in [0.4, 0.5) is 4.39 Å². The lowest BCUT2D eigenvalue weighted by molar-refractivity contribution is -0.143. The van der Waals surface area contributed by atoms with E-state index in [-0.39, 0.29) is 12.4 Å². The van der Waals surface area contributed by atoms with Crippen molar-refractivity contribution in [1.29, 1.82) is 0 Å². The van der Waals surface area contributed by atoms with Gasteiger partial charge in [0.1, 0.15) is 5.82 Å². The van der Waals surface area contributed by atoms with Gasteiger partial charge >= 0.3 is 5.97 Å². The van der Waals surface area contributed by atoms with Crippen LogP contribution in [0, 0.1) is 5.82 Å². The number of benzene rings is 2. The summed E-state index contributed by atoms with van der Waals surface area (Å²) in [5.74, 6) is -1.44. The summed E-state index contributed by atoms with van der Waals surface area (Å²) >= 11 is 11.9. The normalized spacial score (nSPS) is 10.7. The summed E-state index contributed by atoms with van der Waals surface area (Å²) < 4.78 is 17.6. The predicted octanol–water partition coefficient (Wildman–Crippen LogP) is 4.05. The van der Waals surface area contributed by atoms with E-state index in [1.807, 2.05) is 0 Å². The molecule has 0 aliphatic carbocycles. The van der Waals surface area contributed by atoms with Crippen LogP contribution in [0.1, 0.15) is 11.1 Å². The van der Waals surface area contributed by atoms with E-state index in [0.717, 1.165) is 5.56 Å². The van der Waals surface area contributed by atoms with Crippen LogP contribution in [0.5, 0.6) is 0 Å². The van der Waals surface area contributed by atoms with Crippen LogP contribution in [0.15, 0.2) is 48.5 Å². The SMILES string of the molecule is O=C(COC(=O)/C=C/c1ccc(F)cc1)NCCc1ccc(Cl)cc1Cl. The summed E-state index contributed by atoms with van der Waals surface area (Å²) in [7, 11) is 0.